The van der Waals surface area contributed by atoms with Crippen LogP contribution in [0.2, 0.25) is 0 Å². The first-order valence-corrected chi connectivity index (χ1v) is 11.9. The summed E-state index contributed by atoms with van der Waals surface area (Å²) in [5, 5.41) is 9.13. The average molecular weight is 460 g/mol. The quantitative estimate of drug-likeness (QED) is 0.356. The summed E-state index contributed by atoms with van der Waals surface area (Å²) in [6, 6.07) is 2.21. The lowest BCUT2D eigenvalue weighted by molar-refractivity contribution is -0.166. The number of fused-ring (bicyclic) bond motifs is 1. The highest BCUT2D eigenvalue weighted by Gasteiger charge is 2.45. The molecule has 0 aromatic rings. The first-order chi connectivity index (χ1) is 15.5. The van der Waals surface area contributed by atoms with Crippen LogP contribution in [0.1, 0.15) is 67.2 Å². The predicted octanol–water partition coefficient (Wildman–Crippen LogP) is 5.36. The molecule has 182 valence electrons. The fraction of sp³-hybridized carbons (Fsp3) is 0.692. The van der Waals surface area contributed by atoms with Crippen molar-refractivity contribution in [1.82, 2.24) is 0 Å². The third-order valence-corrected chi connectivity index (χ3v) is 6.70. The Bertz CT molecular complexity index is 834. The van der Waals surface area contributed by atoms with Gasteiger partial charge in [0.15, 0.2) is 0 Å². The highest BCUT2D eigenvalue weighted by atomic mass is 16.7. The van der Waals surface area contributed by atoms with Crippen LogP contribution in [-0.4, -0.2) is 30.8 Å². The molecule has 0 N–H and O–H groups in total. The van der Waals surface area contributed by atoms with Gasteiger partial charge in [0.25, 0.3) is 0 Å². The van der Waals surface area contributed by atoms with E-state index in [-0.39, 0.29) is 42.7 Å². The molecule has 0 spiro atoms. The molecule has 0 bridgehead atoms. The van der Waals surface area contributed by atoms with Gasteiger partial charge in [-0.05, 0) is 50.0 Å². The number of hydrogen-bond acceptors (Lipinski definition) is 7. The van der Waals surface area contributed by atoms with Gasteiger partial charge >= 0.3 is 18.1 Å². The number of allylic oxidation sites excluding steroid dienone is 2. The van der Waals surface area contributed by atoms with Gasteiger partial charge in [0.1, 0.15) is 6.10 Å². The highest BCUT2D eigenvalue weighted by molar-refractivity contribution is 5.85. The Labute approximate surface area is 197 Å². The molecular weight excluding hydrogens is 422 g/mol. The largest absolute Gasteiger partial charge is 0.516 e. The van der Waals surface area contributed by atoms with Crippen LogP contribution in [0, 0.1) is 46.3 Å². The van der Waals surface area contributed by atoms with E-state index in [1.54, 1.807) is 6.08 Å². The van der Waals surface area contributed by atoms with Crippen molar-refractivity contribution in [3.63, 3.8) is 0 Å². The van der Waals surface area contributed by atoms with Gasteiger partial charge < -0.3 is 14.2 Å². The van der Waals surface area contributed by atoms with Gasteiger partial charge in [-0.1, -0.05) is 45.9 Å². The predicted molar refractivity (Wildman–Crippen MR) is 123 cm³/mol. The van der Waals surface area contributed by atoms with E-state index < -0.39 is 29.6 Å². The second-order valence-electron chi connectivity index (χ2n) is 10.2. The van der Waals surface area contributed by atoms with Crippen LogP contribution in [0.15, 0.2) is 23.8 Å². The fourth-order valence-electron chi connectivity index (χ4n) is 4.27. The zero-order valence-electron chi connectivity index (χ0n) is 20.6. The molecule has 0 aromatic carbocycles. The molecule has 2 aliphatic carbocycles. The monoisotopic (exact) mass is 459 g/mol. The Morgan fingerprint density at radius 1 is 1.27 bits per heavy atom. The summed E-state index contributed by atoms with van der Waals surface area (Å²) in [6.45, 7) is 11.6. The van der Waals surface area contributed by atoms with Crippen LogP contribution >= 0.6 is 0 Å². The molecule has 0 fully saturated rings. The molecule has 7 nitrogen and oxygen atoms in total. The van der Waals surface area contributed by atoms with Gasteiger partial charge in [0, 0.05) is 18.8 Å². The molecule has 2 rings (SSSR count). The van der Waals surface area contributed by atoms with Crippen LogP contribution in [0.5, 0.6) is 0 Å². The minimum absolute atomic E-state index is 0.108. The first-order valence-electron chi connectivity index (χ1n) is 11.9. The Kier molecular flexibility index (Phi) is 9.27. The number of nitrogens with zero attached hydrogens (tertiary/aromatic N) is 1. The first kappa shape index (κ1) is 26.6. The third kappa shape index (κ3) is 6.93. The Balaban J connectivity index is 2.30. The van der Waals surface area contributed by atoms with Gasteiger partial charge in [-0.25, -0.2) is 4.79 Å². The number of rotatable bonds is 8. The van der Waals surface area contributed by atoms with E-state index >= 15 is 0 Å². The van der Waals surface area contributed by atoms with Crippen LogP contribution < -0.4 is 0 Å². The van der Waals surface area contributed by atoms with E-state index in [1.807, 2.05) is 40.7 Å². The summed E-state index contributed by atoms with van der Waals surface area (Å²) < 4.78 is 15.9. The molecule has 0 saturated heterocycles. The van der Waals surface area contributed by atoms with E-state index in [0.717, 1.165) is 5.57 Å². The number of esters is 2. The molecule has 0 radical (unpaired) electrons. The molecule has 2 aliphatic rings. The summed E-state index contributed by atoms with van der Waals surface area (Å²) >= 11 is 0. The van der Waals surface area contributed by atoms with Crippen LogP contribution in [-0.2, 0) is 23.8 Å². The Morgan fingerprint density at radius 2 is 1.97 bits per heavy atom. The molecular formula is C26H37NO6. The van der Waals surface area contributed by atoms with Crippen molar-refractivity contribution in [2.45, 2.75) is 73.3 Å². The van der Waals surface area contributed by atoms with Crippen molar-refractivity contribution in [1.29, 1.82) is 5.26 Å². The lowest BCUT2D eigenvalue weighted by Crippen LogP contribution is -2.44. The second kappa shape index (κ2) is 11.5. The number of ether oxygens (including phenoxy) is 3. The minimum atomic E-state index is -1.02. The maximum atomic E-state index is 12.9. The Morgan fingerprint density at radius 3 is 2.58 bits per heavy atom. The molecule has 0 aliphatic heterocycles. The van der Waals surface area contributed by atoms with Gasteiger partial charge in [-0.3, -0.25) is 9.59 Å². The van der Waals surface area contributed by atoms with Crippen molar-refractivity contribution < 1.29 is 28.6 Å². The molecule has 1 unspecified atom stereocenters. The molecule has 0 saturated carbocycles. The maximum absolute atomic E-state index is 12.9. The van der Waals surface area contributed by atoms with E-state index in [9.17, 15) is 14.4 Å². The topological polar surface area (TPSA) is 103 Å². The van der Waals surface area contributed by atoms with Crippen LogP contribution in [0.4, 0.5) is 4.79 Å². The zero-order chi connectivity index (χ0) is 24.8. The van der Waals surface area contributed by atoms with Crippen molar-refractivity contribution in [3.8, 4) is 6.07 Å². The number of nitriles is 1. The van der Waals surface area contributed by atoms with Crippen molar-refractivity contribution >= 4 is 18.1 Å². The standard InChI is InChI=1S/C26H37NO6/c1-7-26(5,6)24(29)32-21-14-19(23(28)33-25(30)31-15-16(2)3)13-18-11-10-17(4)20(22(18)21)9-8-12-27/h10-11,13,16-17,19-22H,7-9,14-15H2,1-6H3/t17-,19+,20?,21-,22-/m0/s1. The van der Waals surface area contributed by atoms with E-state index in [4.69, 9.17) is 19.5 Å². The summed E-state index contributed by atoms with van der Waals surface area (Å²) in [7, 11) is 0. The summed E-state index contributed by atoms with van der Waals surface area (Å²) in [4.78, 5) is 37.6. The number of carbonyl (C=O) groups is 3. The SMILES string of the molecule is CCC(C)(C)C(=O)O[C@H]1C[C@H](C(=O)OC(=O)OCC(C)C)C=C2C=C[C@H](C)C(CCC#N)[C@H]21. The smallest absolute Gasteiger partial charge is 0.461 e. The van der Waals surface area contributed by atoms with Crippen molar-refractivity contribution in [3.05, 3.63) is 23.8 Å². The lowest BCUT2D eigenvalue weighted by atomic mass is 9.65. The lowest BCUT2D eigenvalue weighted by Gasteiger charge is -2.43. The van der Waals surface area contributed by atoms with Crippen molar-refractivity contribution in [2.24, 2.45) is 35.0 Å². The molecule has 0 heterocycles. The van der Waals surface area contributed by atoms with E-state index in [2.05, 4.69) is 19.1 Å². The van der Waals surface area contributed by atoms with E-state index in [0.29, 0.717) is 19.3 Å². The van der Waals surface area contributed by atoms with Crippen LogP contribution in [0.3, 0.4) is 0 Å². The zero-order valence-corrected chi connectivity index (χ0v) is 20.6. The number of hydrogen-bond donors (Lipinski definition) is 0. The molecule has 33 heavy (non-hydrogen) atoms. The number of carbonyl (C=O) groups excluding carboxylic acids is 3. The van der Waals surface area contributed by atoms with Gasteiger partial charge in [0.05, 0.1) is 24.0 Å². The second-order valence-corrected chi connectivity index (χ2v) is 10.2. The van der Waals surface area contributed by atoms with Gasteiger partial charge in [-0.2, -0.15) is 5.26 Å². The summed E-state index contributed by atoms with van der Waals surface area (Å²) in [5.41, 5.74) is 0.225. The summed E-state index contributed by atoms with van der Waals surface area (Å²) in [6.07, 6.45) is 6.17. The fourth-order valence-corrected chi connectivity index (χ4v) is 4.27. The highest BCUT2D eigenvalue weighted by Crippen LogP contribution is 2.45. The average Bonchev–Trinajstić information content (AvgIpc) is 2.76. The minimum Gasteiger partial charge on any atom is -0.461 e. The van der Waals surface area contributed by atoms with Crippen LogP contribution in [0.25, 0.3) is 0 Å². The van der Waals surface area contributed by atoms with Gasteiger partial charge in [-0.15, -0.1) is 0 Å². The maximum Gasteiger partial charge on any atom is 0.516 e. The molecule has 0 amide bonds. The molecule has 7 heteroatoms. The Hall–Kier alpha value is -2.62. The molecule has 0 aromatic heterocycles. The third-order valence-electron chi connectivity index (χ3n) is 6.70. The normalized spacial score (nSPS) is 26.6. The van der Waals surface area contributed by atoms with E-state index in [1.165, 1.54) is 0 Å². The van der Waals surface area contributed by atoms with Gasteiger partial charge in [0.2, 0.25) is 0 Å². The summed E-state index contributed by atoms with van der Waals surface area (Å²) in [5.74, 6) is -1.46. The van der Waals surface area contributed by atoms with Crippen molar-refractivity contribution in [2.75, 3.05) is 6.61 Å². The molecule has 5 atom stereocenters.